The van der Waals surface area contributed by atoms with Crippen molar-refractivity contribution in [2.75, 3.05) is 13.1 Å². The molecule has 0 amide bonds. The van der Waals surface area contributed by atoms with Gasteiger partial charge >= 0.3 is 0 Å². The van der Waals surface area contributed by atoms with Crippen LogP contribution in [-0.4, -0.2) is 18.8 Å². The second kappa shape index (κ2) is 6.43. The van der Waals surface area contributed by atoms with E-state index in [1.54, 1.807) is 0 Å². The van der Waals surface area contributed by atoms with Crippen LogP contribution in [0.1, 0.15) is 46.0 Å². The van der Waals surface area contributed by atoms with Crippen LogP contribution in [0.5, 0.6) is 0 Å². The van der Waals surface area contributed by atoms with Crippen molar-refractivity contribution in [1.29, 1.82) is 0 Å². The summed E-state index contributed by atoms with van der Waals surface area (Å²) >= 11 is 0. The molecule has 0 aromatic carbocycles. The largest absolute Gasteiger partial charge is 0.330 e. The first kappa shape index (κ1) is 14.8. The summed E-state index contributed by atoms with van der Waals surface area (Å²) in [5.74, 6) is 0. The summed E-state index contributed by atoms with van der Waals surface area (Å²) in [4.78, 5) is 0. The van der Waals surface area contributed by atoms with E-state index in [4.69, 9.17) is 22.9 Å². The maximum absolute atomic E-state index is 5.66. The number of hydrogen-bond acceptors (Lipinski definition) is 4. The molecule has 0 bridgehead atoms. The highest BCUT2D eigenvalue weighted by Crippen LogP contribution is 2.20. The summed E-state index contributed by atoms with van der Waals surface area (Å²) < 4.78 is 0. The van der Waals surface area contributed by atoms with E-state index in [-0.39, 0.29) is 11.1 Å². The fourth-order valence-corrected chi connectivity index (χ4v) is 1.29. The molecular formula is C11H28N4. The van der Waals surface area contributed by atoms with Gasteiger partial charge in [-0.15, -0.1) is 0 Å². The van der Waals surface area contributed by atoms with Gasteiger partial charge in [-0.1, -0.05) is 33.1 Å². The molecule has 0 radical (unpaired) electrons. The lowest BCUT2D eigenvalue weighted by atomic mass is 9.91. The standard InChI is InChI=1S/C6H14N2.C5H14N2/c7-6(8)4-2-1-3-5-6;1-5(2,3-6)4-7/h1-5,7-8H2;3-4,6-7H2,1-2H3. The van der Waals surface area contributed by atoms with Crippen LogP contribution < -0.4 is 22.9 Å². The van der Waals surface area contributed by atoms with Gasteiger partial charge in [0.2, 0.25) is 0 Å². The molecule has 0 unspecified atom stereocenters. The Morgan fingerprint density at radius 1 is 0.933 bits per heavy atom. The third kappa shape index (κ3) is 7.73. The Balaban J connectivity index is 0.000000265. The molecule has 92 valence electrons. The fourth-order valence-electron chi connectivity index (χ4n) is 1.29. The maximum atomic E-state index is 5.66. The SMILES string of the molecule is CC(C)(CN)CN.NC1(N)CCCCC1. The van der Waals surface area contributed by atoms with Crippen LogP contribution in [0, 0.1) is 5.41 Å². The normalized spacial score (nSPS) is 20.4. The van der Waals surface area contributed by atoms with Crippen LogP contribution in [0.3, 0.4) is 0 Å². The average Bonchev–Trinajstić information content (AvgIpc) is 2.18. The van der Waals surface area contributed by atoms with Crippen molar-refractivity contribution >= 4 is 0 Å². The summed E-state index contributed by atoms with van der Waals surface area (Å²) in [6.45, 7) is 5.44. The van der Waals surface area contributed by atoms with E-state index in [0.717, 1.165) is 12.8 Å². The Kier molecular flexibility index (Phi) is 6.36. The van der Waals surface area contributed by atoms with Crippen LogP contribution in [0.4, 0.5) is 0 Å². The molecule has 0 saturated heterocycles. The van der Waals surface area contributed by atoms with Crippen molar-refractivity contribution in [3.8, 4) is 0 Å². The minimum atomic E-state index is -0.321. The first-order valence-corrected chi connectivity index (χ1v) is 5.81. The molecule has 0 aromatic heterocycles. The summed E-state index contributed by atoms with van der Waals surface area (Å²) in [5, 5.41) is 0. The third-order valence-electron chi connectivity index (χ3n) is 2.89. The zero-order chi connectivity index (χ0) is 11.9. The molecule has 0 atom stereocenters. The van der Waals surface area contributed by atoms with Crippen LogP contribution in [-0.2, 0) is 0 Å². The quantitative estimate of drug-likeness (QED) is 0.504. The van der Waals surface area contributed by atoms with Crippen LogP contribution in [0.2, 0.25) is 0 Å². The van der Waals surface area contributed by atoms with Crippen molar-refractivity contribution in [2.24, 2.45) is 28.3 Å². The van der Waals surface area contributed by atoms with Gasteiger partial charge in [-0.05, 0) is 31.3 Å². The summed E-state index contributed by atoms with van der Waals surface area (Å²) in [7, 11) is 0. The minimum Gasteiger partial charge on any atom is -0.330 e. The first-order valence-electron chi connectivity index (χ1n) is 5.81. The van der Waals surface area contributed by atoms with Crippen molar-refractivity contribution in [3.05, 3.63) is 0 Å². The predicted octanol–water partition coefficient (Wildman–Crippen LogP) is 0.494. The molecule has 1 saturated carbocycles. The molecule has 1 aliphatic rings. The molecule has 0 heterocycles. The lowest BCUT2D eigenvalue weighted by Crippen LogP contribution is -2.50. The average molecular weight is 216 g/mol. The highest BCUT2D eigenvalue weighted by atomic mass is 14.9. The zero-order valence-corrected chi connectivity index (χ0v) is 10.3. The molecule has 0 aromatic rings. The molecule has 1 fully saturated rings. The van der Waals surface area contributed by atoms with Crippen molar-refractivity contribution in [1.82, 2.24) is 0 Å². The molecule has 0 spiro atoms. The lowest BCUT2D eigenvalue weighted by molar-refractivity contribution is 0.306. The van der Waals surface area contributed by atoms with E-state index in [0.29, 0.717) is 13.1 Å². The summed E-state index contributed by atoms with van der Waals surface area (Å²) in [5.41, 5.74) is 21.8. The van der Waals surface area contributed by atoms with Gasteiger partial charge < -0.3 is 22.9 Å². The van der Waals surface area contributed by atoms with Crippen molar-refractivity contribution in [2.45, 2.75) is 51.6 Å². The second-order valence-corrected chi connectivity index (χ2v) is 5.37. The smallest absolute Gasteiger partial charge is 0.0636 e. The van der Waals surface area contributed by atoms with E-state index in [1.807, 2.05) is 13.8 Å². The molecule has 4 nitrogen and oxygen atoms in total. The summed E-state index contributed by atoms with van der Waals surface area (Å²) in [6.07, 6.45) is 5.76. The molecule has 4 heteroatoms. The highest BCUT2D eigenvalue weighted by Gasteiger charge is 2.21. The van der Waals surface area contributed by atoms with Gasteiger partial charge in [0.05, 0.1) is 5.66 Å². The topological polar surface area (TPSA) is 104 Å². The van der Waals surface area contributed by atoms with Gasteiger partial charge in [0, 0.05) is 0 Å². The van der Waals surface area contributed by atoms with E-state index in [2.05, 4.69) is 0 Å². The monoisotopic (exact) mass is 216 g/mol. The predicted molar refractivity (Wildman–Crippen MR) is 66.1 cm³/mol. The Morgan fingerprint density at radius 2 is 1.33 bits per heavy atom. The van der Waals surface area contributed by atoms with Gasteiger partial charge in [0.25, 0.3) is 0 Å². The number of nitrogens with two attached hydrogens (primary N) is 4. The van der Waals surface area contributed by atoms with Crippen molar-refractivity contribution in [3.63, 3.8) is 0 Å². The van der Waals surface area contributed by atoms with E-state index >= 15 is 0 Å². The first-order chi connectivity index (χ1) is 6.83. The Bertz CT molecular complexity index is 152. The van der Waals surface area contributed by atoms with E-state index in [1.165, 1.54) is 19.3 Å². The summed E-state index contributed by atoms with van der Waals surface area (Å²) in [6, 6.07) is 0. The Morgan fingerprint density at radius 3 is 1.47 bits per heavy atom. The van der Waals surface area contributed by atoms with Gasteiger partial charge in [0.15, 0.2) is 0 Å². The highest BCUT2D eigenvalue weighted by molar-refractivity contribution is 4.79. The van der Waals surface area contributed by atoms with Gasteiger partial charge in [-0.3, -0.25) is 0 Å². The van der Waals surface area contributed by atoms with E-state index in [9.17, 15) is 0 Å². The zero-order valence-electron chi connectivity index (χ0n) is 10.3. The molecular weight excluding hydrogens is 188 g/mol. The van der Waals surface area contributed by atoms with Crippen LogP contribution in [0.15, 0.2) is 0 Å². The van der Waals surface area contributed by atoms with Crippen LogP contribution in [0.25, 0.3) is 0 Å². The maximum Gasteiger partial charge on any atom is 0.0636 e. The molecule has 0 aliphatic heterocycles. The molecule has 8 N–H and O–H groups in total. The van der Waals surface area contributed by atoms with E-state index < -0.39 is 0 Å². The lowest BCUT2D eigenvalue weighted by Gasteiger charge is -2.28. The number of rotatable bonds is 2. The van der Waals surface area contributed by atoms with Crippen LogP contribution >= 0.6 is 0 Å². The minimum absolute atomic E-state index is 0.139. The van der Waals surface area contributed by atoms with Gasteiger partial charge in [-0.25, -0.2) is 0 Å². The Labute approximate surface area is 93.7 Å². The third-order valence-corrected chi connectivity index (χ3v) is 2.89. The van der Waals surface area contributed by atoms with Gasteiger partial charge in [-0.2, -0.15) is 0 Å². The fraction of sp³-hybridized carbons (Fsp3) is 1.00. The molecule has 15 heavy (non-hydrogen) atoms. The van der Waals surface area contributed by atoms with Crippen molar-refractivity contribution < 1.29 is 0 Å². The number of hydrogen-bond donors (Lipinski definition) is 4. The Hall–Kier alpha value is -0.160. The second-order valence-electron chi connectivity index (χ2n) is 5.37. The van der Waals surface area contributed by atoms with Gasteiger partial charge in [0.1, 0.15) is 0 Å². The molecule has 1 rings (SSSR count). The molecule has 1 aliphatic carbocycles.